The number of benzene rings is 3. The first-order chi connectivity index (χ1) is 17.1. The average molecular weight is 488 g/mol. The smallest absolute Gasteiger partial charge is 0.410 e. The number of nitrogens with zero attached hydrogens (tertiary/aromatic N) is 5. The predicted molar refractivity (Wildman–Crippen MR) is 133 cm³/mol. The fourth-order valence-electron chi connectivity index (χ4n) is 4.54. The molecule has 0 N–H and O–H groups in total. The van der Waals surface area contributed by atoms with E-state index in [0.29, 0.717) is 43.3 Å². The van der Waals surface area contributed by atoms with E-state index in [9.17, 15) is 4.79 Å². The van der Waals surface area contributed by atoms with Gasteiger partial charge in [-0.25, -0.2) is 4.79 Å². The summed E-state index contributed by atoms with van der Waals surface area (Å²) in [5.74, 6) is 0.676. The predicted octanol–water partition coefficient (Wildman–Crippen LogP) is 5.09. The van der Waals surface area contributed by atoms with E-state index >= 15 is 0 Å². The van der Waals surface area contributed by atoms with Crippen molar-refractivity contribution >= 4 is 17.7 Å². The SMILES string of the molecule is O=C(OCc1ccccc1)N1CCC(c2ccccc2)(c2nnn(Cc3ccc(Cl)cc3)n2)CC1. The summed E-state index contributed by atoms with van der Waals surface area (Å²) in [5.41, 5.74) is 2.72. The van der Waals surface area contributed by atoms with E-state index in [0.717, 1.165) is 16.7 Å². The average Bonchev–Trinajstić information content (AvgIpc) is 3.39. The Morgan fingerprint density at radius 3 is 2.23 bits per heavy atom. The van der Waals surface area contributed by atoms with Gasteiger partial charge in [-0.3, -0.25) is 0 Å². The first-order valence-electron chi connectivity index (χ1n) is 11.7. The summed E-state index contributed by atoms with van der Waals surface area (Å²) in [6.45, 7) is 1.87. The van der Waals surface area contributed by atoms with Crippen molar-refractivity contribution in [2.24, 2.45) is 0 Å². The summed E-state index contributed by atoms with van der Waals surface area (Å²) in [6.07, 6.45) is 1.07. The zero-order chi connectivity index (χ0) is 24.1. The Bertz CT molecular complexity index is 1250. The van der Waals surface area contributed by atoms with Gasteiger partial charge in [0.15, 0.2) is 5.82 Å². The van der Waals surface area contributed by atoms with Crippen LogP contribution in [0.25, 0.3) is 0 Å². The van der Waals surface area contributed by atoms with Crippen molar-refractivity contribution in [3.8, 4) is 0 Å². The molecule has 35 heavy (non-hydrogen) atoms. The Balaban J connectivity index is 1.31. The molecule has 1 saturated heterocycles. The van der Waals surface area contributed by atoms with Gasteiger partial charge in [0.2, 0.25) is 0 Å². The molecule has 178 valence electrons. The van der Waals surface area contributed by atoms with Crippen LogP contribution in [0.4, 0.5) is 4.79 Å². The number of amides is 1. The highest BCUT2D eigenvalue weighted by Gasteiger charge is 2.43. The van der Waals surface area contributed by atoms with Crippen LogP contribution in [0.1, 0.15) is 35.4 Å². The Morgan fingerprint density at radius 1 is 0.886 bits per heavy atom. The minimum Gasteiger partial charge on any atom is -0.445 e. The number of likely N-dealkylation sites (tertiary alicyclic amines) is 1. The van der Waals surface area contributed by atoms with Gasteiger partial charge in [-0.2, -0.15) is 4.80 Å². The van der Waals surface area contributed by atoms with E-state index in [-0.39, 0.29) is 12.7 Å². The van der Waals surface area contributed by atoms with E-state index in [1.807, 2.05) is 72.8 Å². The molecule has 0 spiro atoms. The standard InChI is InChI=1S/C27H26ClN5O2/c28-24-13-11-21(12-14-24)19-33-30-25(29-31-33)27(23-9-5-2-6-10-23)15-17-32(18-16-27)26(34)35-20-22-7-3-1-4-8-22/h1-14H,15-20H2. The summed E-state index contributed by atoms with van der Waals surface area (Å²) >= 11 is 6.00. The number of carbonyl (C=O) groups is 1. The highest BCUT2D eigenvalue weighted by Crippen LogP contribution is 2.40. The minimum atomic E-state index is -0.421. The molecule has 1 amide bonds. The van der Waals surface area contributed by atoms with E-state index in [1.54, 1.807) is 9.70 Å². The molecule has 0 atom stereocenters. The van der Waals surface area contributed by atoms with Crippen LogP contribution in [0, 0.1) is 0 Å². The number of halogens is 1. The number of carbonyl (C=O) groups excluding carboxylic acids is 1. The van der Waals surface area contributed by atoms with Crippen molar-refractivity contribution < 1.29 is 9.53 Å². The number of aromatic nitrogens is 4. The molecule has 0 saturated carbocycles. The largest absolute Gasteiger partial charge is 0.445 e. The summed E-state index contributed by atoms with van der Waals surface area (Å²) in [4.78, 5) is 16.1. The minimum absolute atomic E-state index is 0.264. The fourth-order valence-corrected chi connectivity index (χ4v) is 4.66. The van der Waals surface area contributed by atoms with Gasteiger partial charge >= 0.3 is 6.09 Å². The van der Waals surface area contributed by atoms with Crippen molar-refractivity contribution in [1.29, 1.82) is 0 Å². The number of tetrazole rings is 1. The molecular weight excluding hydrogens is 462 g/mol. The maximum absolute atomic E-state index is 12.7. The third-order valence-electron chi connectivity index (χ3n) is 6.52. The van der Waals surface area contributed by atoms with Crippen LogP contribution in [0.2, 0.25) is 5.02 Å². The second-order valence-corrected chi connectivity index (χ2v) is 9.18. The second-order valence-electron chi connectivity index (χ2n) is 8.75. The quantitative estimate of drug-likeness (QED) is 0.378. The first-order valence-corrected chi connectivity index (χ1v) is 12.0. The summed E-state index contributed by atoms with van der Waals surface area (Å²) in [5, 5.41) is 14.3. The Hall–Kier alpha value is -3.71. The summed E-state index contributed by atoms with van der Waals surface area (Å²) in [7, 11) is 0. The van der Waals surface area contributed by atoms with Gasteiger partial charge in [-0.15, -0.1) is 10.2 Å². The van der Waals surface area contributed by atoms with Crippen LogP contribution in [-0.2, 0) is 23.3 Å². The van der Waals surface area contributed by atoms with Gasteiger partial charge in [0.05, 0.1) is 12.0 Å². The first kappa shape index (κ1) is 23.1. The lowest BCUT2D eigenvalue weighted by Crippen LogP contribution is -2.46. The molecule has 0 aliphatic carbocycles. The molecule has 5 rings (SSSR count). The fraction of sp³-hybridized carbons (Fsp3) is 0.259. The number of piperidine rings is 1. The molecule has 1 aromatic heterocycles. The van der Waals surface area contributed by atoms with E-state index in [4.69, 9.17) is 21.4 Å². The highest BCUT2D eigenvalue weighted by atomic mass is 35.5. The Morgan fingerprint density at radius 2 is 1.54 bits per heavy atom. The van der Waals surface area contributed by atoms with Crippen molar-refractivity contribution in [3.63, 3.8) is 0 Å². The van der Waals surface area contributed by atoms with Gasteiger partial charge < -0.3 is 9.64 Å². The van der Waals surface area contributed by atoms with Crippen molar-refractivity contribution in [1.82, 2.24) is 25.1 Å². The molecule has 2 heterocycles. The van der Waals surface area contributed by atoms with Crippen LogP contribution in [0.3, 0.4) is 0 Å². The number of hydrogen-bond donors (Lipinski definition) is 0. The molecule has 1 aliphatic heterocycles. The molecular formula is C27H26ClN5O2. The monoisotopic (exact) mass is 487 g/mol. The van der Waals surface area contributed by atoms with E-state index < -0.39 is 5.41 Å². The van der Waals surface area contributed by atoms with E-state index in [1.165, 1.54) is 0 Å². The van der Waals surface area contributed by atoms with Crippen molar-refractivity contribution in [2.45, 2.75) is 31.4 Å². The summed E-state index contributed by atoms with van der Waals surface area (Å²) in [6, 6.07) is 27.6. The number of rotatable bonds is 6. The maximum atomic E-state index is 12.7. The zero-order valence-corrected chi connectivity index (χ0v) is 20.0. The number of hydrogen-bond acceptors (Lipinski definition) is 5. The Labute approximate surface area is 209 Å². The van der Waals surface area contributed by atoms with Crippen molar-refractivity contribution in [2.75, 3.05) is 13.1 Å². The van der Waals surface area contributed by atoms with Gasteiger partial charge in [0, 0.05) is 18.1 Å². The molecule has 3 aromatic carbocycles. The molecule has 1 fully saturated rings. The topological polar surface area (TPSA) is 73.1 Å². The molecule has 0 unspecified atom stereocenters. The lowest BCUT2D eigenvalue weighted by atomic mass is 9.72. The molecule has 7 nitrogen and oxygen atoms in total. The molecule has 0 bridgehead atoms. The van der Waals surface area contributed by atoms with Gasteiger partial charge in [0.1, 0.15) is 6.61 Å². The normalized spacial score (nSPS) is 15.1. The molecule has 4 aromatic rings. The van der Waals surface area contributed by atoms with Crippen LogP contribution in [-0.4, -0.2) is 44.3 Å². The van der Waals surface area contributed by atoms with E-state index in [2.05, 4.69) is 22.4 Å². The molecule has 8 heteroatoms. The van der Waals surface area contributed by atoms with Gasteiger partial charge in [-0.1, -0.05) is 84.4 Å². The Kier molecular flexibility index (Phi) is 6.77. The molecule has 0 radical (unpaired) electrons. The highest BCUT2D eigenvalue weighted by molar-refractivity contribution is 6.30. The lowest BCUT2D eigenvalue weighted by Gasteiger charge is -2.39. The van der Waals surface area contributed by atoms with Gasteiger partial charge in [0.25, 0.3) is 0 Å². The lowest BCUT2D eigenvalue weighted by molar-refractivity contribution is 0.0805. The third-order valence-corrected chi connectivity index (χ3v) is 6.78. The zero-order valence-electron chi connectivity index (χ0n) is 19.3. The van der Waals surface area contributed by atoms with Crippen LogP contribution >= 0.6 is 11.6 Å². The van der Waals surface area contributed by atoms with Crippen molar-refractivity contribution in [3.05, 3.63) is 112 Å². The van der Waals surface area contributed by atoms with Crippen LogP contribution in [0.5, 0.6) is 0 Å². The third kappa shape index (κ3) is 5.20. The number of ether oxygens (including phenoxy) is 1. The van der Waals surface area contributed by atoms with Gasteiger partial charge in [-0.05, 0) is 46.9 Å². The molecule has 1 aliphatic rings. The summed E-state index contributed by atoms with van der Waals surface area (Å²) < 4.78 is 5.56. The maximum Gasteiger partial charge on any atom is 0.410 e. The van der Waals surface area contributed by atoms with Crippen LogP contribution < -0.4 is 0 Å². The second kappa shape index (κ2) is 10.3. The van der Waals surface area contributed by atoms with Crippen LogP contribution in [0.15, 0.2) is 84.9 Å².